The average molecular weight is 301 g/mol. The van der Waals surface area contributed by atoms with Gasteiger partial charge in [0.25, 0.3) is 0 Å². The summed E-state index contributed by atoms with van der Waals surface area (Å²) in [6.07, 6.45) is 0.986. The van der Waals surface area contributed by atoms with Gasteiger partial charge in [-0.05, 0) is 43.5 Å². The van der Waals surface area contributed by atoms with Crippen LogP contribution in [0.2, 0.25) is 0 Å². The molecule has 20 heavy (non-hydrogen) atoms. The van der Waals surface area contributed by atoms with Crippen LogP contribution in [0.15, 0.2) is 23.1 Å². The van der Waals surface area contributed by atoms with E-state index in [9.17, 15) is 17.6 Å². The zero-order valence-corrected chi connectivity index (χ0v) is 11.9. The molecule has 0 radical (unpaired) electrons. The highest BCUT2D eigenvalue weighted by molar-refractivity contribution is 7.89. The predicted molar refractivity (Wildman–Crippen MR) is 70.3 cm³/mol. The lowest BCUT2D eigenvalue weighted by atomic mass is 10.0. The first-order valence-corrected chi connectivity index (χ1v) is 7.75. The first-order valence-electron chi connectivity index (χ1n) is 6.31. The van der Waals surface area contributed by atoms with E-state index >= 15 is 0 Å². The second-order valence-corrected chi connectivity index (χ2v) is 6.86. The molecule has 0 aromatic heterocycles. The molecule has 0 amide bonds. The highest BCUT2D eigenvalue weighted by Gasteiger charge is 2.33. The van der Waals surface area contributed by atoms with Gasteiger partial charge in [0.1, 0.15) is 5.82 Å². The summed E-state index contributed by atoms with van der Waals surface area (Å²) in [5.41, 5.74) is 0.322. The highest BCUT2D eigenvalue weighted by atomic mass is 32.2. The standard InChI is InChI=1S/C13H16FNO4S/c1-9-7-11(14)4-5-12(9)20(18,19)15-6-2-3-10(8-15)13(16)17/h4-5,7,10H,2-3,6,8H2,1H3,(H,16,17)/t10-/m0/s1. The third-order valence-electron chi connectivity index (χ3n) is 3.49. The van der Waals surface area contributed by atoms with Crippen LogP contribution in [0, 0.1) is 18.7 Å². The van der Waals surface area contributed by atoms with E-state index in [4.69, 9.17) is 5.11 Å². The first-order chi connectivity index (χ1) is 9.32. The van der Waals surface area contributed by atoms with E-state index in [-0.39, 0.29) is 11.4 Å². The summed E-state index contributed by atoms with van der Waals surface area (Å²) in [6.45, 7) is 1.78. The van der Waals surface area contributed by atoms with Gasteiger partial charge in [-0.1, -0.05) is 0 Å². The van der Waals surface area contributed by atoms with E-state index in [1.807, 2.05) is 0 Å². The van der Waals surface area contributed by atoms with Gasteiger partial charge in [0, 0.05) is 13.1 Å². The average Bonchev–Trinajstić information content (AvgIpc) is 2.38. The van der Waals surface area contributed by atoms with Gasteiger partial charge in [-0.3, -0.25) is 4.79 Å². The van der Waals surface area contributed by atoms with Gasteiger partial charge in [-0.2, -0.15) is 4.31 Å². The smallest absolute Gasteiger partial charge is 0.307 e. The lowest BCUT2D eigenvalue weighted by Crippen LogP contribution is -2.42. The van der Waals surface area contributed by atoms with Crippen molar-refractivity contribution in [2.24, 2.45) is 5.92 Å². The molecule has 0 bridgehead atoms. The Labute approximate surface area is 117 Å². The fourth-order valence-electron chi connectivity index (χ4n) is 2.40. The Balaban J connectivity index is 2.32. The number of carboxylic acid groups (broad SMARTS) is 1. The second-order valence-electron chi connectivity index (χ2n) is 4.95. The molecule has 1 aliphatic heterocycles. The van der Waals surface area contributed by atoms with Crippen molar-refractivity contribution in [3.05, 3.63) is 29.6 Å². The summed E-state index contributed by atoms with van der Waals surface area (Å²) in [4.78, 5) is 11.0. The van der Waals surface area contributed by atoms with Gasteiger partial charge >= 0.3 is 5.97 Å². The number of carboxylic acids is 1. The quantitative estimate of drug-likeness (QED) is 0.920. The Hall–Kier alpha value is -1.47. The van der Waals surface area contributed by atoms with Crippen molar-refractivity contribution < 1.29 is 22.7 Å². The summed E-state index contributed by atoms with van der Waals surface area (Å²) < 4.78 is 39.2. The highest BCUT2D eigenvalue weighted by Crippen LogP contribution is 2.26. The number of aryl methyl sites for hydroxylation is 1. The zero-order chi connectivity index (χ0) is 14.9. The number of benzene rings is 1. The molecule has 110 valence electrons. The number of halogens is 1. The molecule has 1 heterocycles. The molecule has 1 saturated heterocycles. The van der Waals surface area contributed by atoms with Gasteiger partial charge in [-0.25, -0.2) is 12.8 Å². The van der Waals surface area contributed by atoms with Crippen molar-refractivity contribution in [2.45, 2.75) is 24.7 Å². The maximum Gasteiger partial charge on any atom is 0.307 e. The normalized spacial score (nSPS) is 20.8. The summed E-state index contributed by atoms with van der Waals surface area (Å²) in [6, 6.07) is 3.48. The number of hydrogen-bond acceptors (Lipinski definition) is 3. The lowest BCUT2D eigenvalue weighted by molar-refractivity contribution is -0.142. The Morgan fingerprint density at radius 3 is 2.75 bits per heavy atom. The van der Waals surface area contributed by atoms with Crippen LogP contribution in [0.1, 0.15) is 18.4 Å². The molecule has 0 saturated carbocycles. The largest absolute Gasteiger partial charge is 0.481 e. The van der Waals surface area contributed by atoms with Crippen molar-refractivity contribution in [3.8, 4) is 0 Å². The number of rotatable bonds is 3. The molecular weight excluding hydrogens is 285 g/mol. The molecule has 1 aromatic carbocycles. The van der Waals surface area contributed by atoms with Crippen LogP contribution in [-0.2, 0) is 14.8 Å². The number of nitrogens with zero attached hydrogens (tertiary/aromatic N) is 1. The Morgan fingerprint density at radius 1 is 1.45 bits per heavy atom. The van der Waals surface area contributed by atoms with Crippen molar-refractivity contribution in [3.63, 3.8) is 0 Å². The van der Waals surface area contributed by atoms with Crippen LogP contribution in [0.3, 0.4) is 0 Å². The number of sulfonamides is 1. The fourth-order valence-corrected chi connectivity index (χ4v) is 4.13. The lowest BCUT2D eigenvalue weighted by Gasteiger charge is -2.30. The number of carbonyl (C=O) groups is 1. The Morgan fingerprint density at radius 2 is 2.15 bits per heavy atom. The summed E-state index contributed by atoms with van der Waals surface area (Å²) in [7, 11) is -3.77. The van der Waals surface area contributed by atoms with Crippen LogP contribution in [0.25, 0.3) is 0 Å². The second kappa shape index (κ2) is 5.49. The molecule has 7 heteroatoms. The number of aliphatic carboxylic acids is 1. The van der Waals surface area contributed by atoms with E-state index in [0.29, 0.717) is 24.9 Å². The summed E-state index contributed by atoms with van der Waals surface area (Å²) >= 11 is 0. The zero-order valence-electron chi connectivity index (χ0n) is 11.0. The topological polar surface area (TPSA) is 74.7 Å². The third kappa shape index (κ3) is 2.83. The predicted octanol–water partition coefficient (Wildman–Crippen LogP) is 1.62. The molecule has 1 N–H and O–H groups in total. The molecule has 1 aliphatic rings. The maximum atomic E-state index is 13.1. The minimum atomic E-state index is -3.77. The molecule has 0 aliphatic carbocycles. The Kier molecular flexibility index (Phi) is 4.10. The fraction of sp³-hybridized carbons (Fsp3) is 0.462. The van der Waals surface area contributed by atoms with Crippen molar-refractivity contribution in [1.82, 2.24) is 4.31 Å². The van der Waals surface area contributed by atoms with Crippen molar-refractivity contribution in [2.75, 3.05) is 13.1 Å². The summed E-state index contributed by atoms with van der Waals surface area (Å²) in [5, 5.41) is 9.01. The Bertz CT molecular complexity index is 629. The van der Waals surface area contributed by atoms with Crippen LogP contribution in [-0.4, -0.2) is 36.9 Å². The molecule has 0 unspecified atom stereocenters. The minimum absolute atomic E-state index is 0.0324. The molecule has 5 nitrogen and oxygen atoms in total. The van der Waals surface area contributed by atoms with Crippen LogP contribution < -0.4 is 0 Å². The van der Waals surface area contributed by atoms with Crippen molar-refractivity contribution in [1.29, 1.82) is 0 Å². The first kappa shape index (κ1) is 14.9. The van der Waals surface area contributed by atoms with E-state index in [2.05, 4.69) is 0 Å². The van der Waals surface area contributed by atoms with Gasteiger partial charge < -0.3 is 5.11 Å². The maximum absolute atomic E-state index is 13.1. The van der Waals surface area contributed by atoms with Crippen LogP contribution in [0.4, 0.5) is 4.39 Å². The molecule has 1 fully saturated rings. The van der Waals surface area contributed by atoms with E-state index in [0.717, 1.165) is 12.1 Å². The minimum Gasteiger partial charge on any atom is -0.481 e. The van der Waals surface area contributed by atoms with Crippen LogP contribution in [0.5, 0.6) is 0 Å². The van der Waals surface area contributed by atoms with Crippen molar-refractivity contribution >= 4 is 16.0 Å². The number of piperidine rings is 1. The number of hydrogen-bond donors (Lipinski definition) is 1. The van der Waals surface area contributed by atoms with Gasteiger partial charge in [0.05, 0.1) is 10.8 Å². The molecule has 0 spiro atoms. The van der Waals surface area contributed by atoms with Crippen LogP contribution >= 0.6 is 0 Å². The molecule has 1 aromatic rings. The SMILES string of the molecule is Cc1cc(F)ccc1S(=O)(=O)N1CCC[C@H](C(=O)O)C1. The van der Waals surface area contributed by atoms with Gasteiger partial charge in [0.2, 0.25) is 10.0 Å². The van der Waals surface area contributed by atoms with Gasteiger partial charge in [-0.15, -0.1) is 0 Å². The van der Waals surface area contributed by atoms with Gasteiger partial charge in [0.15, 0.2) is 0 Å². The van der Waals surface area contributed by atoms with E-state index in [1.54, 1.807) is 0 Å². The molecule has 2 rings (SSSR count). The molecule has 1 atom stereocenters. The third-order valence-corrected chi connectivity index (χ3v) is 5.51. The van der Waals surface area contributed by atoms with E-state index < -0.39 is 27.7 Å². The summed E-state index contributed by atoms with van der Waals surface area (Å²) in [5.74, 6) is -2.16. The molecular formula is C13H16FNO4S. The monoisotopic (exact) mass is 301 g/mol. The van der Waals surface area contributed by atoms with E-state index in [1.165, 1.54) is 17.3 Å².